The van der Waals surface area contributed by atoms with Crippen LogP contribution in [0.1, 0.15) is 59.8 Å². The summed E-state index contributed by atoms with van der Waals surface area (Å²) < 4.78 is 0. The molecule has 1 aliphatic rings. The van der Waals surface area contributed by atoms with Gasteiger partial charge in [0.1, 0.15) is 0 Å². The lowest BCUT2D eigenvalue weighted by Crippen LogP contribution is -2.37. The molecule has 1 aliphatic carbocycles. The Labute approximate surface area is 88.9 Å². The Morgan fingerprint density at radius 2 is 1.79 bits per heavy atom. The van der Waals surface area contributed by atoms with Gasteiger partial charge in [0.05, 0.1) is 6.10 Å². The van der Waals surface area contributed by atoms with Crippen molar-refractivity contribution in [2.75, 3.05) is 0 Å². The van der Waals surface area contributed by atoms with Crippen molar-refractivity contribution in [3.63, 3.8) is 0 Å². The van der Waals surface area contributed by atoms with Crippen LogP contribution in [0.3, 0.4) is 0 Å². The molecule has 1 heteroatoms. The summed E-state index contributed by atoms with van der Waals surface area (Å²) in [7, 11) is 0. The summed E-state index contributed by atoms with van der Waals surface area (Å²) in [6.45, 7) is 9.05. The van der Waals surface area contributed by atoms with Crippen LogP contribution in [0.25, 0.3) is 0 Å². The van der Waals surface area contributed by atoms with E-state index in [1.54, 1.807) is 0 Å². The van der Waals surface area contributed by atoms with Gasteiger partial charge in [0, 0.05) is 0 Å². The minimum Gasteiger partial charge on any atom is -0.393 e. The molecule has 0 aromatic heterocycles. The molecule has 14 heavy (non-hydrogen) atoms. The van der Waals surface area contributed by atoms with Crippen LogP contribution in [0.4, 0.5) is 0 Å². The summed E-state index contributed by atoms with van der Waals surface area (Å²) >= 11 is 0. The molecule has 3 atom stereocenters. The fourth-order valence-electron chi connectivity index (χ4n) is 3.00. The number of aliphatic hydroxyl groups is 1. The van der Waals surface area contributed by atoms with Crippen molar-refractivity contribution in [2.24, 2.45) is 17.3 Å². The first-order valence-corrected chi connectivity index (χ1v) is 6.15. The van der Waals surface area contributed by atoms with E-state index in [0.29, 0.717) is 17.3 Å². The molecule has 0 aliphatic heterocycles. The van der Waals surface area contributed by atoms with Crippen molar-refractivity contribution in [3.8, 4) is 0 Å². The van der Waals surface area contributed by atoms with Crippen LogP contribution in [0.2, 0.25) is 0 Å². The third-order valence-electron chi connectivity index (χ3n) is 3.84. The quantitative estimate of drug-likeness (QED) is 0.718. The summed E-state index contributed by atoms with van der Waals surface area (Å²) in [6.07, 6.45) is 6.06. The zero-order chi connectivity index (χ0) is 10.8. The number of aliphatic hydroxyl groups excluding tert-OH is 1. The highest BCUT2D eigenvalue weighted by Crippen LogP contribution is 2.43. The first-order chi connectivity index (χ1) is 6.46. The standard InChI is InChI=1S/C13H26O/c1-5-12(14)10-8-6-7-9-11(10)13(2,3)4/h10-12,14H,5-9H2,1-4H3. The van der Waals surface area contributed by atoms with E-state index in [0.717, 1.165) is 6.42 Å². The van der Waals surface area contributed by atoms with Crippen molar-refractivity contribution >= 4 is 0 Å². The van der Waals surface area contributed by atoms with Crippen LogP contribution >= 0.6 is 0 Å². The monoisotopic (exact) mass is 198 g/mol. The van der Waals surface area contributed by atoms with Gasteiger partial charge in [-0.2, -0.15) is 0 Å². The van der Waals surface area contributed by atoms with E-state index in [9.17, 15) is 5.11 Å². The topological polar surface area (TPSA) is 20.2 Å². The molecule has 0 amide bonds. The molecule has 0 heterocycles. The molecular formula is C13H26O. The maximum absolute atomic E-state index is 10.0. The SMILES string of the molecule is CCC(O)C1CCCCC1C(C)(C)C. The zero-order valence-electron chi connectivity index (χ0n) is 10.2. The van der Waals surface area contributed by atoms with Gasteiger partial charge >= 0.3 is 0 Å². The Morgan fingerprint density at radius 1 is 1.21 bits per heavy atom. The first kappa shape index (κ1) is 12.0. The highest BCUT2D eigenvalue weighted by Gasteiger charge is 2.36. The van der Waals surface area contributed by atoms with Gasteiger partial charge in [0.25, 0.3) is 0 Å². The number of hydrogen-bond donors (Lipinski definition) is 1. The molecule has 84 valence electrons. The third kappa shape index (κ3) is 2.73. The second kappa shape index (κ2) is 4.65. The van der Waals surface area contributed by atoms with Crippen molar-refractivity contribution in [1.29, 1.82) is 0 Å². The van der Waals surface area contributed by atoms with Gasteiger partial charge in [0.2, 0.25) is 0 Å². The van der Waals surface area contributed by atoms with E-state index in [1.807, 2.05) is 0 Å². The molecule has 1 N–H and O–H groups in total. The molecule has 0 saturated heterocycles. The maximum Gasteiger partial charge on any atom is 0.0568 e. The summed E-state index contributed by atoms with van der Waals surface area (Å²) in [6, 6.07) is 0. The van der Waals surface area contributed by atoms with E-state index in [4.69, 9.17) is 0 Å². The van der Waals surface area contributed by atoms with Crippen LogP contribution < -0.4 is 0 Å². The van der Waals surface area contributed by atoms with Crippen molar-refractivity contribution in [2.45, 2.75) is 65.9 Å². The molecule has 1 saturated carbocycles. The average Bonchev–Trinajstić information content (AvgIpc) is 2.15. The molecule has 1 rings (SSSR count). The molecule has 0 spiro atoms. The fraction of sp³-hybridized carbons (Fsp3) is 1.00. The predicted octanol–water partition coefficient (Wildman–Crippen LogP) is 3.61. The first-order valence-electron chi connectivity index (χ1n) is 6.15. The van der Waals surface area contributed by atoms with Gasteiger partial charge in [0.15, 0.2) is 0 Å². The normalized spacial score (nSPS) is 31.5. The Bertz CT molecular complexity index is 169. The Kier molecular flexibility index (Phi) is 4.00. The van der Waals surface area contributed by atoms with Gasteiger partial charge in [-0.05, 0) is 36.5 Å². The lowest BCUT2D eigenvalue weighted by Gasteiger charge is -2.42. The van der Waals surface area contributed by atoms with Crippen LogP contribution in [-0.4, -0.2) is 11.2 Å². The van der Waals surface area contributed by atoms with Crippen LogP contribution in [0.15, 0.2) is 0 Å². The van der Waals surface area contributed by atoms with Gasteiger partial charge in [-0.3, -0.25) is 0 Å². The molecular weight excluding hydrogens is 172 g/mol. The molecule has 0 aromatic carbocycles. The third-order valence-corrected chi connectivity index (χ3v) is 3.84. The lowest BCUT2D eigenvalue weighted by atomic mass is 9.64. The summed E-state index contributed by atoms with van der Waals surface area (Å²) in [5.74, 6) is 1.26. The average molecular weight is 198 g/mol. The van der Waals surface area contributed by atoms with Crippen LogP contribution in [-0.2, 0) is 0 Å². The fourth-order valence-corrected chi connectivity index (χ4v) is 3.00. The number of hydrogen-bond acceptors (Lipinski definition) is 1. The summed E-state index contributed by atoms with van der Waals surface area (Å²) in [5.41, 5.74) is 0.362. The second-order valence-corrected chi connectivity index (χ2v) is 5.90. The predicted molar refractivity (Wildman–Crippen MR) is 61.2 cm³/mol. The lowest BCUT2D eigenvalue weighted by molar-refractivity contribution is 0.00150. The van der Waals surface area contributed by atoms with Gasteiger partial charge in [-0.25, -0.2) is 0 Å². The zero-order valence-corrected chi connectivity index (χ0v) is 10.2. The van der Waals surface area contributed by atoms with Crippen molar-refractivity contribution in [1.82, 2.24) is 0 Å². The van der Waals surface area contributed by atoms with Gasteiger partial charge < -0.3 is 5.11 Å². The molecule has 1 fully saturated rings. The molecule has 0 bridgehead atoms. The van der Waals surface area contributed by atoms with Crippen LogP contribution in [0, 0.1) is 17.3 Å². The van der Waals surface area contributed by atoms with E-state index >= 15 is 0 Å². The highest BCUT2D eigenvalue weighted by molar-refractivity contribution is 4.86. The summed E-state index contributed by atoms with van der Waals surface area (Å²) in [4.78, 5) is 0. The number of rotatable bonds is 2. The van der Waals surface area contributed by atoms with Crippen molar-refractivity contribution in [3.05, 3.63) is 0 Å². The van der Waals surface area contributed by atoms with Crippen molar-refractivity contribution < 1.29 is 5.11 Å². The highest BCUT2D eigenvalue weighted by atomic mass is 16.3. The van der Waals surface area contributed by atoms with Gasteiger partial charge in [-0.15, -0.1) is 0 Å². The molecule has 0 radical (unpaired) electrons. The van der Waals surface area contributed by atoms with E-state index in [1.165, 1.54) is 25.7 Å². The van der Waals surface area contributed by atoms with E-state index in [-0.39, 0.29) is 6.10 Å². The Hall–Kier alpha value is -0.0400. The largest absolute Gasteiger partial charge is 0.393 e. The van der Waals surface area contributed by atoms with Gasteiger partial charge in [-0.1, -0.05) is 40.5 Å². The van der Waals surface area contributed by atoms with E-state index in [2.05, 4.69) is 27.7 Å². The second-order valence-electron chi connectivity index (χ2n) is 5.90. The van der Waals surface area contributed by atoms with E-state index < -0.39 is 0 Å². The van der Waals surface area contributed by atoms with Crippen LogP contribution in [0.5, 0.6) is 0 Å². The molecule has 1 nitrogen and oxygen atoms in total. The molecule has 0 aromatic rings. The Balaban J connectivity index is 2.69. The maximum atomic E-state index is 10.0. The minimum absolute atomic E-state index is 0.0699. The Morgan fingerprint density at radius 3 is 2.29 bits per heavy atom. The summed E-state index contributed by atoms with van der Waals surface area (Å²) in [5, 5.41) is 10.0. The minimum atomic E-state index is -0.0699. The molecule has 3 unspecified atom stereocenters. The smallest absolute Gasteiger partial charge is 0.0568 e.